The van der Waals surface area contributed by atoms with E-state index < -0.39 is 0 Å². The standard InChI is InChI=1S/C15H24N4O2S/c1-10-4-2-3-5-12(10)21-9-8-16-14(20)17-15-19-18-13(22-15)11-6-7-11/h10-12H,2-9H2,1H3,(H2,16,17,19,20)/t10-,12-/m0/s1. The van der Waals surface area contributed by atoms with Gasteiger partial charge in [-0.25, -0.2) is 4.79 Å². The van der Waals surface area contributed by atoms with Gasteiger partial charge in [0.25, 0.3) is 0 Å². The Kier molecular flexibility index (Phi) is 5.25. The lowest BCUT2D eigenvalue weighted by Crippen LogP contribution is -2.34. The summed E-state index contributed by atoms with van der Waals surface area (Å²) in [5, 5.41) is 15.2. The number of hydrogen-bond donors (Lipinski definition) is 2. The number of nitrogens with zero attached hydrogens (tertiary/aromatic N) is 2. The van der Waals surface area contributed by atoms with Crippen molar-refractivity contribution in [3.05, 3.63) is 5.01 Å². The molecular formula is C15H24N4O2S. The van der Waals surface area contributed by atoms with Crippen molar-refractivity contribution in [1.29, 1.82) is 0 Å². The fourth-order valence-corrected chi connectivity index (χ4v) is 3.73. The zero-order valence-corrected chi connectivity index (χ0v) is 13.8. The Balaban J connectivity index is 1.31. The van der Waals surface area contributed by atoms with E-state index in [4.69, 9.17) is 4.74 Å². The van der Waals surface area contributed by atoms with Crippen LogP contribution in [0.5, 0.6) is 0 Å². The van der Waals surface area contributed by atoms with E-state index >= 15 is 0 Å². The second kappa shape index (κ2) is 7.37. The van der Waals surface area contributed by atoms with Gasteiger partial charge in [0.05, 0.1) is 12.7 Å². The molecule has 3 rings (SSSR count). The lowest BCUT2D eigenvalue weighted by molar-refractivity contribution is -0.00232. The number of nitrogens with one attached hydrogen (secondary N) is 2. The fourth-order valence-electron chi connectivity index (χ4n) is 2.83. The van der Waals surface area contributed by atoms with Gasteiger partial charge < -0.3 is 10.1 Å². The summed E-state index contributed by atoms with van der Waals surface area (Å²) in [5.41, 5.74) is 0. The quantitative estimate of drug-likeness (QED) is 0.788. The molecule has 2 amide bonds. The maximum absolute atomic E-state index is 11.8. The van der Waals surface area contributed by atoms with Gasteiger partial charge in [0.2, 0.25) is 5.13 Å². The van der Waals surface area contributed by atoms with E-state index in [1.807, 2.05) is 0 Å². The van der Waals surface area contributed by atoms with Crippen LogP contribution in [0, 0.1) is 5.92 Å². The van der Waals surface area contributed by atoms with Crippen molar-refractivity contribution in [2.75, 3.05) is 18.5 Å². The topological polar surface area (TPSA) is 76.1 Å². The summed E-state index contributed by atoms with van der Waals surface area (Å²) >= 11 is 1.47. The molecule has 0 radical (unpaired) electrons. The summed E-state index contributed by atoms with van der Waals surface area (Å²) in [4.78, 5) is 11.8. The van der Waals surface area contributed by atoms with Crippen molar-refractivity contribution in [2.45, 2.75) is 57.5 Å². The van der Waals surface area contributed by atoms with E-state index in [1.54, 1.807) is 0 Å². The van der Waals surface area contributed by atoms with Crippen LogP contribution in [0.25, 0.3) is 0 Å². The molecule has 0 spiro atoms. The number of carbonyl (C=O) groups excluding carboxylic acids is 1. The third kappa shape index (κ3) is 4.39. The molecular weight excluding hydrogens is 300 g/mol. The summed E-state index contributed by atoms with van der Waals surface area (Å²) < 4.78 is 5.87. The first-order valence-electron chi connectivity index (χ1n) is 8.22. The Morgan fingerprint density at radius 1 is 1.27 bits per heavy atom. The molecule has 6 nitrogen and oxygen atoms in total. The molecule has 0 aliphatic heterocycles. The van der Waals surface area contributed by atoms with Crippen molar-refractivity contribution in [1.82, 2.24) is 15.5 Å². The summed E-state index contributed by atoms with van der Waals surface area (Å²) in [5.74, 6) is 1.20. The molecule has 22 heavy (non-hydrogen) atoms. The number of aromatic nitrogens is 2. The first kappa shape index (κ1) is 15.7. The Morgan fingerprint density at radius 3 is 2.86 bits per heavy atom. The van der Waals surface area contributed by atoms with E-state index in [1.165, 1.54) is 43.4 Å². The molecule has 7 heteroatoms. The van der Waals surface area contributed by atoms with E-state index in [9.17, 15) is 4.79 Å². The normalized spacial score (nSPS) is 25.0. The highest BCUT2D eigenvalue weighted by molar-refractivity contribution is 7.15. The zero-order valence-electron chi connectivity index (χ0n) is 13.0. The Bertz CT molecular complexity index is 503. The van der Waals surface area contributed by atoms with E-state index in [2.05, 4.69) is 27.8 Å². The third-order valence-electron chi connectivity index (χ3n) is 4.34. The first-order valence-corrected chi connectivity index (χ1v) is 9.04. The largest absolute Gasteiger partial charge is 0.376 e. The molecule has 2 aliphatic rings. The second-order valence-corrected chi connectivity index (χ2v) is 7.28. The van der Waals surface area contributed by atoms with E-state index in [0.717, 1.165) is 11.4 Å². The fraction of sp³-hybridized carbons (Fsp3) is 0.800. The number of rotatable bonds is 6. The zero-order chi connectivity index (χ0) is 15.4. The Labute approximate surface area is 135 Å². The lowest BCUT2D eigenvalue weighted by atomic mass is 9.88. The van der Waals surface area contributed by atoms with Crippen LogP contribution in [0.1, 0.15) is 56.4 Å². The van der Waals surface area contributed by atoms with Gasteiger partial charge >= 0.3 is 6.03 Å². The molecule has 2 atom stereocenters. The van der Waals surface area contributed by atoms with Gasteiger partial charge in [-0.15, -0.1) is 10.2 Å². The summed E-state index contributed by atoms with van der Waals surface area (Å²) in [6.07, 6.45) is 7.69. The molecule has 1 heterocycles. The number of anilines is 1. The minimum Gasteiger partial charge on any atom is -0.376 e. The van der Waals surface area contributed by atoms with Crippen LogP contribution in [-0.2, 0) is 4.74 Å². The third-order valence-corrected chi connectivity index (χ3v) is 5.34. The molecule has 2 fully saturated rings. The molecule has 1 aromatic rings. The number of urea groups is 1. The summed E-state index contributed by atoms with van der Waals surface area (Å²) in [6.45, 7) is 3.33. The number of hydrogen-bond acceptors (Lipinski definition) is 5. The van der Waals surface area contributed by atoms with Crippen LogP contribution in [0.15, 0.2) is 0 Å². The highest BCUT2D eigenvalue weighted by Crippen LogP contribution is 2.41. The van der Waals surface area contributed by atoms with Gasteiger partial charge in [0.15, 0.2) is 0 Å². The second-order valence-electron chi connectivity index (χ2n) is 6.27. The average Bonchev–Trinajstić information content (AvgIpc) is 3.26. The van der Waals surface area contributed by atoms with Gasteiger partial charge in [-0.05, 0) is 31.6 Å². The molecule has 2 N–H and O–H groups in total. The van der Waals surface area contributed by atoms with Gasteiger partial charge in [0, 0.05) is 12.5 Å². The highest BCUT2D eigenvalue weighted by atomic mass is 32.1. The van der Waals surface area contributed by atoms with Gasteiger partial charge in [-0.2, -0.15) is 0 Å². The SMILES string of the molecule is C[C@H]1CCCC[C@@H]1OCCNC(=O)Nc1nnc(C2CC2)s1. The predicted molar refractivity (Wildman–Crippen MR) is 86.3 cm³/mol. The number of ether oxygens (including phenoxy) is 1. The molecule has 0 saturated heterocycles. The van der Waals surface area contributed by atoms with Gasteiger partial charge in [-0.3, -0.25) is 5.32 Å². The maximum Gasteiger partial charge on any atom is 0.321 e. The molecule has 122 valence electrons. The van der Waals surface area contributed by atoms with E-state index in [0.29, 0.717) is 36.2 Å². The van der Waals surface area contributed by atoms with Crippen molar-refractivity contribution >= 4 is 22.5 Å². The minimum atomic E-state index is -0.237. The minimum absolute atomic E-state index is 0.237. The lowest BCUT2D eigenvalue weighted by Gasteiger charge is -2.28. The summed E-state index contributed by atoms with van der Waals surface area (Å²) in [6, 6.07) is -0.237. The monoisotopic (exact) mass is 324 g/mol. The van der Waals surface area contributed by atoms with Crippen LogP contribution in [0.3, 0.4) is 0 Å². The van der Waals surface area contributed by atoms with Crippen molar-refractivity contribution in [2.24, 2.45) is 5.92 Å². The maximum atomic E-state index is 11.8. The van der Waals surface area contributed by atoms with Crippen molar-refractivity contribution in [3.8, 4) is 0 Å². The van der Waals surface area contributed by atoms with Crippen LogP contribution in [-0.4, -0.2) is 35.5 Å². The smallest absolute Gasteiger partial charge is 0.321 e. The molecule has 2 saturated carbocycles. The number of amides is 2. The van der Waals surface area contributed by atoms with E-state index in [-0.39, 0.29) is 6.03 Å². The van der Waals surface area contributed by atoms with Crippen LogP contribution in [0.2, 0.25) is 0 Å². The first-order chi connectivity index (χ1) is 10.7. The molecule has 1 aromatic heterocycles. The molecule has 0 bridgehead atoms. The molecule has 2 aliphatic carbocycles. The Hall–Kier alpha value is -1.21. The Morgan fingerprint density at radius 2 is 2.09 bits per heavy atom. The van der Waals surface area contributed by atoms with Gasteiger partial charge in [-0.1, -0.05) is 31.1 Å². The van der Waals surface area contributed by atoms with Crippen LogP contribution >= 0.6 is 11.3 Å². The molecule has 0 aromatic carbocycles. The van der Waals surface area contributed by atoms with Crippen molar-refractivity contribution < 1.29 is 9.53 Å². The summed E-state index contributed by atoms with van der Waals surface area (Å²) in [7, 11) is 0. The molecule has 0 unspecified atom stereocenters. The average molecular weight is 324 g/mol. The van der Waals surface area contributed by atoms with Gasteiger partial charge in [0.1, 0.15) is 5.01 Å². The van der Waals surface area contributed by atoms with Crippen molar-refractivity contribution in [3.63, 3.8) is 0 Å². The number of carbonyl (C=O) groups is 1. The predicted octanol–water partition coefficient (Wildman–Crippen LogP) is 3.13. The van der Waals surface area contributed by atoms with Crippen LogP contribution < -0.4 is 10.6 Å². The van der Waals surface area contributed by atoms with Crippen LogP contribution in [0.4, 0.5) is 9.93 Å². The highest BCUT2D eigenvalue weighted by Gasteiger charge is 2.27.